The number of methoxy groups -OCH3 is 1. The van der Waals surface area contributed by atoms with E-state index in [1.165, 1.54) is 19.2 Å². The van der Waals surface area contributed by atoms with Gasteiger partial charge >= 0.3 is 5.69 Å². The van der Waals surface area contributed by atoms with Crippen LogP contribution in [-0.2, 0) is 0 Å². The van der Waals surface area contributed by atoms with Gasteiger partial charge in [0.2, 0.25) is 0 Å². The summed E-state index contributed by atoms with van der Waals surface area (Å²) in [7, 11) is 1.33. The van der Waals surface area contributed by atoms with Gasteiger partial charge in [-0.3, -0.25) is 20.2 Å². The predicted molar refractivity (Wildman–Crippen MR) is 108 cm³/mol. The topological polar surface area (TPSA) is 93.5 Å². The Bertz CT molecular complexity index is 870. The summed E-state index contributed by atoms with van der Waals surface area (Å²) in [5.74, 6) is -0.129. The fourth-order valence-electron chi connectivity index (χ4n) is 2.56. The largest absolute Gasteiger partial charge is 0.490 e. The van der Waals surface area contributed by atoms with Gasteiger partial charge in [-0.05, 0) is 48.3 Å². The number of ether oxygens (including phenoxy) is 1. The third kappa shape index (κ3) is 5.01. The minimum atomic E-state index is -0.603. The number of amides is 1. The summed E-state index contributed by atoms with van der Waals surface area (Å²) in [4.78, 5) is 22.9. The maximum Gasteiger partial charge on any atom is 0.311 e. The van der Waals surface area contributed by atoms with Crippen LogP contribution < -0.4 is 15.4 Å². The van der Waals surface area contributed by atoms with Crippen molar-refractivity contribution in [2.45, 2.75) is 26.2 Å². The standard InChI is InChI=1S/C19H21N3O4S/c1-4-12(2)14-7-5-6-8-15(14)20-19(27)21-18(23)13-9-10-17(26-3)16(11-13)22(24)25/h5-12H,4H2,1-3H3,(H2,20,21,23,27)/t12-/m0/s1. The lowest BCUT2D eigenvalue weighted by Crippen LogP contribution is -2.34. The van der Waals surface area contributed by atoms with E-state index < -0.39 is 10.8 Å². The highest BCUT2D eigenvalue weighted by Crippen LogP contribution is 2.28. The first kappa shape index (κ1) is 20.3. The second kappa shape index (κ2) is 9.09. The van der Waals surface area contributed by atoms with Gasteiger partial charge in [-0.1, -0.05) is 32.0 Å². The molecule has 0 radical (unpaired) electrons. The number of anilines is 1. The van der Waals surface area contributed by atoms with Gasteiger partial charge in [0, 0.05) is 17.3 Å². The van der Waals surface area contributed by atoms with E-state index in [1.807, 2.05) is 24.3 Å². The van der Waals surface area contributed by atoms with Crippen LogP contribution in [0.3, 0.4) is 0 Å². The Balaban J connectivity index is 2.14. The number of carbonyl (C=O) groups is 1. The lowest BCUT2D eigenvalue weighted by Gasteiger charge is -2.17. The molecule has 142 valence electrons. The van der Waals surface area contributed by atoms with Crippen LogP contribution in [0.5, 0.6) is 5.75 Å². The second-order valence-electron chi connectivity index (χ2n) is 5.95. The molecule has 2 aromatic rings. The van der Waals surface area contributed by atoms with E-state index in [0.29, 0.717) is 5.92 Å². The lowest BCUT2D eigenvalue weighted by molar-refractivity contribution is -0.385. The van der Waals surface area contributed by atoms with E-state index in [9.17, 15) is 14.9 Å². The van der Waals surface area contributed by atoms with Crippen LogP contribution in [0, 0.1) is 10.1 Å². The maximum absolute atomic E-state index is 12.4. The van der Waals surface area contributed by atoms with Gasteiger partial charge in [-0.15, -0.1) is 0 Å². The molecule has 0 saturated carbocycles. The number of nitrogens with zero attached hydrogens (tertiary/aromatic N) is 1. The number of nitro groups is 1. The molecule has 1 atom stereocenters. The Hall–Kier alpha value is -3.00. The van der Waals surface area contributed by atoms with Crippen molar-refractivity contribution in [3.63, 3.8) is 0 Å². The molecule has 2 aromatic carbocycles. The quantitative estimate of drug-likeness (QED) is 0.437. The highest BCUT2D eigenvalue weighted by atomic mass is 32.1. The molecule has 0 aliphatic heterocycles. The van der Waals surface area contributed by atoms with Gasteiger partial charge in [-0.2, -0.15) is 0 Å². The molecule has 1 amide bonds. The van der Waals surface area contributed by atoms with Crippen molar-refractivity contribution in [1.82, 2.24) is 5.32 Å². The van der Waals surface area contributed by atoms with Gasteiger partial charge in [0.25, 0.3) is 5.91 Å². The van der Waals surface area contributed by atoms with Crippen LogP contribution in [0.25, 0.3) is 0 Å². The lowest BCUT2D eigenvalue weighted by atomic mass is 9.97. The number of thiocarbonyl (C=S) groups is 1. The van der Waals surface area contributed by atoms with E-state index in [2.05, 4.69) is 24.5 Å². The van der Waals surface area contributed by atoms with Crippen molar-refractivity contribution >= 4 is 34.6 Å². The number of nitro benzene ring substituents is 1. The SMILES string of the molecule is CC[C@H](C)c1ccccc1NC(=S)NC(=O)c1ccc(OC)c([N+](=O)[O-])c1. The van der Waals surface area contributed by atoms with Gasteiger partial charge in [-0.25, -0.2) is 0 Å². The Morgan fingerprint density at radius 2 is 2.00 bits per heavy atom. The third-order valence-electron chi connectivity index (χ3n) is 4.22. The van der Waals surface area contributed by atoms with Gasteiger partial charge in [0.1, 0.15) is 0 Å². The van der Waals surface area contributed by atoms with Crippen molar-refractivity contribution in [2.75, 3.05) is 12.4 Å². The Labute approximate surface area is 162 Å². The summed E-state index contributed by atoms with van der Waals surface area (Å²) in [6.45, 7) is 4.21. The third-order valence-corrected chi connectivity index (χ3v) is 4.42. The molecule has 0 saturated heterocycles. The van der Waals surface area contributed by atoms with E-state index in [1.54, 1.807) is 0 Å². The van der Waals surface area contributed by atoms with Gasteiger partial charge in [0.15, 0.2) is 10.9 Å². The van der Waals surface area contributed by atoms with E-state index >= 15 is 0 Å². The first-order chi connectivity index (χ1) is 12.9. The fourth-order valence-corrected chi connectivity index (χ4v) is 2.77. The predicted octanol–water partition coefficient (Wildman–Crippen LogP) is 4.24. The Kier molecular flexibility index (Phi) is 6.84. The molecule has 2 rings (SSSR count). The van der Waals surface area contributed by atoms with Crippen molar-refractivity contribution in [3.8, 4) is 5.75 Å². The van der Waals surface area contributed by atoms with Crippen molar-refractivity contribution in [1.29, 1.82) is 0 Å². The molecule has 0 spiro atoms. The molecule has 0 aromatic heterocycles. The molecule has 2 N–H and O–H groups in total. The molecule has 0 aliphatic rings. The van der Waals surface area contributed by atoms with Crippen molar-refractivity contribution < 1.29 is 14.5 Å². The summed E-state index contributed by atoms with van der Waals surface area (Å²) in [6, 6.07) is 11.7. The first-order valence-corrected chi connectivity index (χ1v) is 8.81. The fraction of sp³-hybridized carbons (Fsp3) is 0.263. The Morgan fingerprint density at radius 1 is 1.30 bits per heavy atom. The molecule has 0 unspecified atom stereocenters. The molecule has 0 aliphatic carbocycles. The smallest absolute Gasteiger partial charge is 0.311 e. The molecule has 8 heteroatoms. The van der Waals surface area contributed by atoms with Crippen LogP contribution >= 0.6 is 12.2 Å². The van der Waals surface area contributed by atoms with E-state index in [-0.39, 0.29) is 22.1 Å². The highest BCUT2D eigenvalue weighted by molar-refractivity contribution is 7.80. The van der Waals surface area contributed by atoms with Crippen molar-refractivity contribution in [3.05, 3.63) is 63.7 Å². The zero-order valence-electron chi connectivity index (χ0n) is 15.3. The average molecular weight is 387 g/mol. The number of benzene rings is 2. The number of rotatable bonds is 6. The number of hydrogen-bond acceptors (Lipinski definition) is 5. The maximum atomic E-state index is 12.4. The summed E-state index contributed by atoms with van der Waals surface area (Å²) in [5.41, 5.74) is 1.74. The van der Waals surface area contributed by atoms with Crippen LogP contribution in [0.1, 0.15) is 42.1 Å². The van der Waals surface area contributed by atoms with Gasteiger partial charge in [0.05, 0.1) is 12.0 Å². The summed E-state index contributed by atoms with van der Waals surface area (Å²) >= 11 is 5.23. The molecular formula is C19H21N3O4S. The monoisotopic (exact) mass is 387 g/mol. The van der Waals surface area contributed by atoms with Gasteiger partial charge < -0.3 is 10.1 Å². The van der Waals surface area contributed by atoms with E-state index in [4.69, 9.17) is 17.0 Å². The van der Waals surface area contributed by atoms with Crippen LogP contribution in [0.15, 0.2) is 42.5 Å². The van der Waals surface area contributed by atoms with Crippen LogP contribution in [0.4, 0.5) is 11.4 Å². The normalized spacial score (nSPS) is 11.4. The molecule has 0 bridgehead atoms. The zero-order valence-corrected chi connectivity index (χ0v) is 16.1. The molecule has 0 heterocycles. The molecule has 7 nitrogen and oxygen atoms in total. The number of hydrogen-bond donors (Lipinski definition) is 2. The van der Waals surface area contributed by atoms with Crippen LogP contribution in [-0.4, -0.2) is 23.1 Å². The number of para-hydroxylation sites is 1. The Morgan fingerprint density at radius 3 is 2.63 bits per heavy atom. The molecule has 27 heavy (non-hydrogen) atoms. The van der Waals surface area contributed by atoms with Crippen LogP contribution in [0.2, 0.25) is 0 Å². The zero-order chi connectivity index (χ0) is 20.0. The minimum absolute atomic E-state index is 0.0831. The summed E-state index contributed by atoms with van der Waals surface area (Å²) < 4.78 is 4.94. The van der Waals surface area contributed by atoms with E-state index in [0.717, 1.165) is 23.7 Å². The highest BCUT2D eigenvalue weighted by Gasteiger charge is 2.19. The molecular weight excluding hydrogens is 366 g/mol. The second-order valence-corrected chi connectivity index (χ2v) is 6.36. The first-order valence-electron chi connectivity index (χ1n) is 8.41. The molecule has 0 fully saturated rings. The van der Waals surface area contributed by atoms with Crippen molar-refractivity contribution in [2.24, 2.45) is 0 Å². The number of nitrogens with one attached hydrogen (secondary N) is 2. The number of carbonyl (C=O) groups excluding carboxylic acids is 1. The minimum Gasteiger partial charge on any atom is -0.490 e. The summed E-state index contributed by atoms with van der Waals surface area (Å²) in [6.07, 6.45) is 0.966. The summed E-state index contributed by atoms with van der Waals surface area (Å²) in [5, 5.41) is 16.8. The average Bonchev–Trinajstić information content (AvgIpc) is 2.67.